The minimum Gasteiger partial charge on any atom is -0.462 e. The topological polar surface area (TPSA) is 83.8 Å². The van der Waals surface area contributed by atoms with Gasteiger partial charge in [0.15, 0.2) is 0 Å². The summed E-state index contributed by atoms with van der Waals surface area (Å²) < 4.78 is 16.9. The van der Waals surface area contributed by atoms with Crippen LogP contribution in [0, 0.1) is 0 Å². The van der Waals surface area contributed by atoms with Crippen LogP contribution in [0.2, 0.25) is 0 Å². The van der Waals surface area contributed by atoms with Crippen molar-refractivity contribution in [3.05, 3.63) is 51.8 Å². The Balaban J connectivity index is 2.26. The van der Waals surface area contributed by atoms with Crippen LogP contribution >= 0.6 is 0 Å². The SMILES string of the molecule is CCOC(=O)c1cn(CC)c2ccc(C=CCOC(=O)OC(C)(C)C)cc2c1=O. The summed E-state index contributed by atoms with van der Waals surface area (Å²) in [5.41, 5.74) is 0.493. The van der Waals surface area contributed by atoms with Crippen molar-refractivity contribution in [2.24, 2.45) is 0 Å². The van der Waals surface area contributed by atoms with Gasteiger partial charge < -0.3 is 18.8 Å². The number of pyridine rings is 1. The second kappa shape index (κ2) is 9.41. The zero-order valence-electron chi connectivity index (χ0n) is 17.5. The molecule has 0 aliphatic rings. The molecule has 2 rings (SSSR count). The second-order valence-electron chi connectivity index (χ2n) is 7.33. The van der Waals surface area contributed by atoms with Crippen LogP contribution in [0.15, 0.2) is 35.3 Å². The van der Waals surface area contributed by atoms with Gasteiger partial charge >= 0.3 is 12.1 Å². The van der Waals surface area contributed by atoms with Gasteiger partial charge in [-0.3, -0.25) is 4.79 Å². The van der Waals surface area contributed by atoms with E-state index in [1.165, 1.54) is 6.20 Å². The van der Waals surface area contributed by atoms with Gasteiger partial charge in [0.05, 0.1) is 12.1 Å². The Hall–Kier alpha value is -3.09. The molecule has 0 N–H and O–H groups in total. The van der Waals surface area contributed by atoms with E-state index in [1.807, 2.05) is 23.6 Å². The summed E-state index contributed by atoms with van der Waals surface area (Å²) >= 11 is 0. The Bertz CT molecular complexity index is 981. The number of nitrogens with zero attached hydrogens (tertiary/aromatic N) is 1. The fraction of sp³-hybridized carbons (Fsp3) is 0.409. The summed E-state index contributed by atoms with van der Waals surface area (Å²) in [7, 11) is 0. The van der Waals surface area contributed by atoms with Crippen molar-refractivity contribution in [2.75, 3.05) is 13.2 Å². The van der Waals surface area contributed by atoms with Crippen molar-refractivity contribution in [3.8, 4) is 0 Å². The van der Waals surface area contributed by atoms with Crippen LogP contribution in [0.4, 0.5) is 4.79 Å². The molecule has 29 heavy (non-hydrogen) atoms. The number of rotatable bonds is 6. The third-order valence-corrected chi connectivity index (χ3v) is 3.94. The first-order chi connectivity index (χ1) is 13.7. The second-order valence-corrected chi connectivity index (χ2v) is 7.33. The number of esters is 1. The molecule has 0 bridgehead atoms. The number of hydrogen-bond acceptors (Lipinski definition) is 6. The summed E-state index contributed by atoms with van der Waals surface area (Å²) in [6, 6.07) is 5.38. The first-order valence-electron chi connectivity index (χ1n) is 9.53. The average molecular weight is 401 g/mol. The minimum absolute atomic E-state index is 0.00980. The molecule has 0 saturated heterocycles. The van der Waals surface area contributed by atoms with Crippen molar-refractivity contribution in [3.63, 3.8) is 0 Å². The summed E-state index contributed by atoms with van der Waals surface area (Å²) in [5, 5.41) is 0.424. The third-order valence-electron chi connectivity index (χ3n) is 3.94. The quantitative estimate of drug-likeness (QED) is 0.676. The number of ether oxygens (including phenoxy) is 3. The summed E-state index contributed by atoms with van der Waals surface area (Å²) in [4.78, 5) is 36.5. The molecule has 2 aromatic rings. The number of carbonyl (C=O) groups is 2. The highest BCUT2D eigenvalue weighted by Crippen LogP contribution is 2.16. The zero-order chi connectivity index (χ0) is 21.6. The maximum Gasteiger partial charge on any atom is 0.509 e. The van der Waals surface area contributed by atoms with Gasteiger partial charge in [0, 0.05) is 18.1 Å². The van der Waals surface area contributed by atoms with Crippen LogP contribution in [0.3, 0.4) is 0 Å². The van der Waals surface area contributed by atoms with Crippen LogP contribution in [0.5, 0.6) is 0 Å². The molecule has 7 heteroatoms. The first kappa shape index (κ1) is 22.2. The average Bonchev–Trinajstić information content (AvgIpc) is 2.64. The lowest BCUT2D eigenvalue weighted by Crippen LogP contribution is -2.24. The Morgan fingerprint density at radius 3 is 2.48 bits per heavy atom. The van der Waals surface area contributed by atoms with Crippen molar-refractivity contribution < 1.29 is 23.8 Å². The maximum absolute atomic E-state index is 12.8. The lowest BCUT2D eigenvalue weighted by atomic mass is 10.1. The number of aryl methyl sites for hydroxylation is 1. The van der Waals surface area contributed by atoms with Gasteiger partial charge in [-0.2, -0.15) is 0 Å². The highest BCUT2D eigenvalue weighted by Gasteiger charge is 2.17. The molecule has 1 heterocycles. The molecule has 0 spiro atoms. The maximum atomic E-state index is 12.8. The van der Waals surface area contributed by atoms with E-state index < -0.39 is 17.7 Å². The molecule has 156 valence electrons. The smallest absolute Gasteiger partial charge is 0.462 e. The minimum atomic E-state index is -0.745. The lowest BCUT2D eigenvalue weighted by molar-refractivity contribution is -0.00237. The summed E-state index contributed by atoms with van der Waals surface area (Å²) in [5.74, 6) is -0.631. The van der Waals surface area contributed by atoms with Gasteiger partial charge in [0.1, 0.15) is 17.8 Å². The predicted octanol–water partition coefficient (Wildman–Crippen LogP) is 4.16. The molecule has 0 radical (unpaired) electrons. The summed E-state index contributed by atoms with van der Waals surface area (Å²) in [6.07, 6.45) is 4.17. The van der Waals surface area contributed by atoms with Gasteiger partial charge in [-0.15, -0.1) is 0 Å². The van der Waals surface area contributed by atoms with Crippen molar-refractivity contribution in [1.29, 1.82) is 0 Å². The fourth-order valence-electron chi connectivity index (χ4n) is 2.71. The Kier molecular flexibility index (Phi) is 7.20. The van der Waals surface area contributed by atoms with E-state index >= 15 is 0 Å². The molecule has 0 atom stereocenters. The molecule has 0 unspecified atom stereocenters. The van der Waals surface area contributed by atoms with E-state index in [1.54, 1.807) is 45.9 Å². The van der Waals surface area contributed by atoms with Gasteiger partial charge in [0.2, 0.25) is 5.43 Å². The van der Waals surface area contributed by atoms with E-state index in [9.17, 15) is 14.4 Å². The van der Waals surface area contributed by atoms with E-state index in [2.05, 4.69) is 0 Å². The number of carbonyl (C=O) groups excluding carboxylic acids is 2. The Morgan fingerprint density at radius 1 is 1.14 bits per heavy atom. The van der Waals surface area contributed by atoms with Gasteiger partial charge in [-0.05, 0) is 58.4 Å². The summed E-state index contributed by atoms with van der Waals surface area (Å²) in [6.45, 7) is 9.73. The van der Waals surface area contributed by atoms with E-state index in [0.717, 1.165) is 11.1 Å². The molecule has 0 aliphatic carbocycles. The number of fused-ring (bicyclic) bond motifs is 1. The monoisotopic (exact) mass is 401 g/mol. The van der Waals surface area contributed by atoms with Crippen LogP contribution in [-0.4, -0.2) is 35.5 Å². The van der Waals surface area contributed by atoms with Gasteiger partial charge in [0.25, 0.3) is 0 Å². The molecule has 0 saturated carbocycles. The fourth-order valence-corrected chi connectivity index (χ4v) is 2.71. The normalized spacial score (nSPS) is 11.6. The molecular weight excluding hydrogens is 374 g/mol. The van der Waals surface area contributed by atoms with Crippen LogP contribution in [-0.2, 0) is 20.8 Å². The Morgan fingerprint density at radius 2 is 1.86 bits per heavy atom. The van der Waals surface area contributed by atoms with E-state index in [0.29, 0.717) is 11.9 Å². The molecule has 0 fully saturated rings. The van der Waals surface area contributed by atoms with Crippen LogP contribution in [0.1, 0.15) is 50.5 Å². The third kappa shape index (κ3) is 5.94. The molecule has 0 amide bonds. The van der Waals surface area contributed by atoms with Crippen LogP contribution in [0.25, 0.3) is 17.0 Å². The van der Waals surface area contributed by atoms with Crippen LogP contribution < -0.4 is 5.43 Å². The number of aromatic nitrogens is 1. The Labute approximate surface area is 169 Å². The largest absolute Gasteiger partial charge is 0.509 e. The highest BCUT2D eigenvalue weighted by atomic mass is 16.7. The first-order valence-corrected chi connectivity index (χ1v) is 9.53. The van der Waals surface area contributed by atoms with E-state index in [4.69, 9.17) is 14.2 Å². The van der Waals surface area contributed by atoms with E-state index in [-0.39, 0.29) is 24.2 Å². The highest BCUT2D eigenvalue weighted by molar-refractivity contribution is 5.94. The molecule has 0 aliphatic heterocycles. The van der Waals surface area contributed by atoms with Crippen molar-refractivity contribution in [1.82, 2.24) is 4.57 Å². The van der Waals surface area contributed by atoms with Crippen molar-refractivity contribution in [2.45, 2.75) is 46.8 Å². The molecule has 1 aromatic heterocycles. The molecular formula is C22H27NO6. The number of hydrogen-bond donors (Lipinski definition) is 0. The van der Waals surface area contributed by atoms with Crippen molar-refractivity contribution >= 4 is 29.1 Å². The predicted molar refractivity (Wildman–Crippen MR) is 111 cm³/mol. The standard InChI is InChI=1S/C22H27NO6/c1-6-23-14-17(20(25)27-7-2)19(24)16-13-15(10-11-18(16)23)9-8-12-28-21(26)29-22(3,4)5/h8-11,13-14H,6-7,12H2,1-5H3. The lowest BCUT2D eigenvalue weighted by Gasteiger charge is -2.18. The number of benzene rings is 1. The zero-order valence-corrected chi connectivity index (χ0v) is 17.5. The van der Waals surface area contributed by atoms with Gasteiger partial charge in [-0.25, -0.2) is 9.59 Å². The molecule has 7 nitrogen and oxygen atoms in total. The van der Waals surface area contributed by atoms with Gasteiger partial charge in [-0.1, -0.05) is 12.1 Å². The molecule has 1 aromatic carbocycles.